The SMILES string of the molecule is CCOC(=O)c1cc2ccc(CO)cc2[nH]1. The largest absolute Gasteiger partial charge is 0.461 e. The van der Waals surface area contributed by atoms with Crippen LogP contribution >= 0.6 is 0 Å². The number of nitrogens with one attached hydrogen (secondary N) is 1. The van der Waals surface area contributed by atoms with Gasteiger partial charge >= 0.3 is 5.97 Å². The number of aromatic amines is 1. The Balaban J connectivity index is 2.39. The second kappa shape index (κ2) is 4.37. The first-order valence-corrected chi connectivity index (χ1v) is 5.14. The van der Waals surface area contributed by atoms with Crippen molar-refractivity contribution in [2.75, 3.05) is 6.61 Å². The first-order valence-electron chi connectivity index (χ1n) is 5.14. The van der Waals surface area contributed by atoms with E-state index in [2.05, 4.69) is 4.98 Å². The smallest absolute Gasteiger partial charge is 0.354 e. The van der Waals surface area contributed by atoms with Crippen molar-refractivity contribution in [2.24, 2.45) is 0 Å². The third kappa shape index (κ3) is 1.92. The first-order chi connectivity index (χ1) is 7.74. The third-order valence-electron chi connectivity index (χ3n) is 2.36. The fourth-order valence-electron chi connectivity index (χ4n) is 1.59. The molecule has 0 bridgehead atoms. The van der Waals surface area contributed by atoms with Crippen molar-refractivity contribution in [3.63, 3.8) is 0 Å². The number of carbonyl (C=O) groups excluding carboxylic acids is 1. The average Bonchev–Trinajstić information content (AvgIpc) is 2.71. The van der Waals surface area contributed by atoms with Crippen LogP contribution in [0, 0.1) is 0 Å². The molecule has 2 rings (SSSR count). The summed E-state index contributed by atoms with van der Waals surface area (Å²) in [7, 11) is 0. The quantitative estimate of drug-likeness (QED) is 0.774. The predicted octanol–water partition coefficient (Wildman–Crippen LogP) is 1.84. The molecule has 0 aliphatic heterocycles. The molecule has 1 heterocycles. The fraction of sp³-hybridized carbons (Fsp3) is 0.250. The molecule has 16 heavy (non-hydrogen) atoms. The highest BCUT2D eigenvalue weighted by molar-refractivity contribution is 5.94. The Kier molecular flexibility index (Phi) is 2.92. The van der Waals surface area contributed by atoms with Crippen molar-refractivity contribution < 1.29 is 14.6 Å². The molecule has 2 N–H and O–H groups in total. The van der Waals surface area contributed by atoms with Gasteiger partial charge in [-0.25, -0.2) is 4.79 Å². The maximum absolute atomic E-state index is 11.5. The zero-order valence-corrected chi connectivity index (χ0v) is 8.99. The maximum Gasteiger partial charge on any atom is 0.354 e. The molecule has 0 aliphatic carbocycles. The summed E-state index contributed by atoms with van der Waals surface area (Å²) in [6.07, 6.45) is 0. The maximum atomic E-state index is 11.5. The Bertz CT molecular complexity index is 516. The number of hydrogen-bond donors (Lipinski definition) is 2. The van der Waals surface area contributed by atoms with E-state index in [0.29, 0.717) is 12.3 Å². The Morgan fingerprint density at radius 2 is 2.25 bits per heavy atom. The Hall–Kier alpha value is -1.81. The second-order valence-corrected chi connectivity index (χ2v) is 3.48. The summed E-state index contributed by atoms with van der Waals surface area (Å²) in [6, 6.07) is 7.25. The number of hydrogen-bond acceptors (Lipinski definition) is 3. The first kappa shape index (κ1) is 10.7. The van der Waals surface area contributed by atoms with E-state index in [1.165, 1.54) is 0 Å². The number of aliphatic hydroxyl groups excluding tert-OH is 1. The van der Waals surface area contributed by atoms with Crippen molar-refractivity contribution >= 4 is 16.9 Å². The van der Waals surface area contributed by atoms with Crippen LogP contribution < -0.4 is 0 Å². The van der Waals surface area contributed by atoms with Crippen LogP contribution in [0.4, 0.5) is 0 Å². The predicted molar refractivity (Wildman–Crippen MR) is 60.2 cm³/mol. The van der Waals surface area contributed by atoms with Crippen molar-refractivity contribution in [3.8, 4) is 0 Å². The zero-order valence-electron chi connectivity index (χ0n) is 8.99. The molecule has 0 atom stereocenters. The van der Waals surface area contributed by atoms with Gasteiger partial charge < -0.3 is 14.8 Å². The minimum Gasteiger partial charge on any atom is -0.461 e. The number of benzene rings is 1. The van der Waals surface area contributed by atoms with Gasteiger partial charge in [0, 0.05) is 10.9 Å². The fourth-order valence-corrected chi connectivity index (χ4v) is 1.59. The summed E-state index contributed by atoms with van der Waals surface area (Å²) >= 11 is 0. The molecule has 2 aromatic rings. The molecular weight excluding hydrogens is 206 g/mol. The van der Waals surface area contributed by atoms with E-state index >= 15 is 0 Å². The highest BCUT2D eigenvalue weighted by Gasteiger charge is 2.10. The van der Waals surface area contributed by atoms with Gasteiger partial charge in [-0.3, -0.25) is 0 Å². The summed E-state index contributed by atoms with van der Waals surface area (Å²) in [5.74, 6) is -0.357. The van der Waals surface area contributed by atoms with Crippen LogP contribution in [0.1, 0.15) is 23.0 Å². The lowest BCUT2D eigenvalue weighted by molar-refractivity contribution is 0.0520. The van der Waals surface area contributed by atoms with E-state index in [9.17, 15) is 4.79 Å². The lowest BCUT2D eigenvalue weighted by atomic mass is 10.2. The van der Waals surface area contributed by atoms with Gasteiger partial charge in [-0.15, -0.1) is 0 Å². The molecule has 4 heteroatoms. The van der Waals surface area contributed by atoms with E-state index < -0.39 is 0 Å². The van der Waals surface area contributed by atoms with Gasteiger partial charge in [0.25, 0.3) is 0 Å². The van der Waals surface area contributed by atoms with Gasteiger partial charge in [0.15, 0.2) is 0 Å². The molecule has 1 aromatic heterocycles. The molecule has 0 aliphatic rings. The van der Waals surface area contributed by atoms with E-state index in [4.69, 9.17) is 9.84 Å². The van der Waals surface area contributed by atoms with Crippen LogP contribution in [-0.2, 0) is 11.3 Å². The third-order valence-corrected chi connectivity index (χ3v) is 2.36. The van der Waals surface area contributed by atoms with Gasteiger partial charge in [0.1, 0.15) is 5.69 Å². The number of aliphatic hydroxyl groups is 1. The molecule has 0 spiro atoms. The summed E-state index contributed by atoms with van der Waals surface area (Å²) in [6.45, 7) is 2.12. The number of aromatic nitrogens is 1. The van der Waals surface area contributed by atoms with Crippen molar-refractivity contribution in [1.29, 1.82) is 0 Å². The highest BCUT2D eigenvalue weighted by atomic mass is 16.5. The van der Waals surface area contributed by atoms with Gasteiger partial charge in [-0.05, 0) is 24.6 Å². The number of fused-ring (bicyclic) bond motifs is 1. The van der Waals surface area contributed by atoms with Gasteiger partial charge in [-0.1, -0.05) is 12.1 Å². The molecule has 4 nitrogen and oxygen atoms in total. The Morgan fingerprint density at radius 3 is 2.94 bits per heavy atom. The molecule has 0 amide bonds. The highest BCUT2D eigenvalue weighted by Crippen LogP contribution is 2.17. The average molecular weight is 219 g/mol. The molecule has 0 saturated carbocycles. The van der Waals surface area contributed by atoms with Crippen LogP contribution in [0.3, 0.4) is 0 Å². The molecule has 0 radical (unpaired) electrons. The topological polar surface area (TPSA) is 62.3 Å². The minimum atomic E-state index is -0.357. The summed E-state index contributed by atoms with van der Waals surface area (Å²) in [5, 5.41) is 9.92. The normalized spacial score (nSPS) is 10.6. The van der Waals surface area contributed by atoms with Crippen LogP contribution in [0.5, 0.6) is 0 Å². The molecule has 84 valence electrons. The lowest BCUT2D eigenvalue weighted by Gasteiger charge is -1.97. The van der Waals surface area contributed by atoms with E-state index in [1.807, 2.05) is 18.2 Å². The number of esters is 1. The molecule has 1 aromatic carbocycles. The van der Waals surface area contributed by atoms with Crippen LogP contribution in [-0.4, -0.2) is 22.7 Å². The monoisotopic (exact) mass is 219 g/mol. The number of rotatable bonds is 3. The van der Waals surface area contributed by atoms with E-state index in [-0.39, 0.29) is 12.6 Å². The summed E-state index contributed by atoms with van der Waals surface area (Å²) < 4.78 is 4.89. The molecular formula is C12H13NO3. The summed E-state index contributed by atoms with van der Waals surface area (Å²) in [4.78, 5) is 14.4. The standard InChI is InChI=1S/C12H13NO3/c1-2-16-12(15)11-6-9-4-3-8(7-14)5-10(9)13-11/h3-6,13-14H,2,7H2,1H3. The number of ether oxygens (including phenoxy) is 1. The zero-order chi connectivity index (χ0) is 11.5. The molecule has 0 fully saturated rings. The summed E-state index contributed by atoms with van der Waals surface area (Å²) in [5.41, 5.74) is 2.08. The van der Waals surface area contributed by atoms with Gasteiger partial charge in [0.2, 0.25) is 0 Å². The van der Waals surface area contributed by atoms with Gasteiger partial charge in [-0.2, -0.15) is 0 Å². The van der Waals surface area contributed by atoms with Gasteiger partial charge in [0.05, 0.1) is 13.2 Å². The number of carbonyl (C=O) groups is 1. The van der Waals surface area contributed by atoms with Crippen LogP contribution in [0.15, 0.2) is 24.3 Å². The second-order valence-electron chi connectivity index (χ2n) is 3.48. The van der Waals surface area contributed by atoms with Crippen molar-refractivity contribution in [2.45, 2.75) is 13.5 Å². The Morgan fingerprint density at radius 1 is 1.44 bits per heavy atom. The molecule has 0 saturated heterocycles. The van der Waals surface area contributed by atoms with E-state index in [0.717, 1.165) is 16.5 Å². The van der Waals surface area contributed by atoms with Crippen molar-refractivity contribution in [3.05, 3.63) is 35.5 Å². The Labute approximate surface area is 92.9 Å². The molecule has 0 unspecified atom stereocenters. The van der Waals surface area contributed by atoms with E-state index in [1.54, 1.807) is 13.0 Å². The van der Waals surface area contributed by atoms with Crippen LogP contribution in [0.2, 0.25) is 0 Å². The van der Waals surface area contributed by atoms with Crippen molar-refractivity contribution in [1.82, 2.24) is 4.98 Å². The number of H-pyrrole nitrogens is 1. The van der Waals surface area contributed by atoms with Crippen LogP contribution in [0.25, 0.3) is 10.9 Å². The minimum absolute atomic E-state index is 0.0102. The lowest BCUT2D eigenvalue weighted by Crippen LogP contribution is -2.04.